The molecule has 4 heteroatoms. The van der Waals surface area contributed by atoms with Crippen LogP contribution < -0.4 is 11.1 Å². The van der Waals surface area contributed by atoms with Gasteiger partial charge in [0.05, 0.1) is 0 Å². The minimum Gasteiger partial charge on any atom is -0.390 e. The van der Waals surface area contributed by atoms with Gasteiger partial charge in [0.2, 0.25) is 0 Å². The number of rotatable bonds is 3. The van der Waals surface area contributed by atoms with Crippen molar-refractivity contribution in [1.82, 2.24) is 5.32 Å². The monoisotopic (exact) mass is 141 g/mol. The highest BCUT2D eigenvalue weighted by atomic mass is 16.1. The lowest BCUT2D eigenvalue weighted by molar-refractivity contribution is -0.114. The highest BCUT2D eigenvalue weighted by Gasteiger charge is 2.03. The summed E-state index contributed by atoms with van der Waals surface area (Å²) < 4.78 is 0. The van der Waals surface area contributed by atoms with Gasteiger partial charge < -0.3 is 11.1 Å². The highest BCUT2D eigenvalue weighted by Crippen LogP contribution is 1.99. The van der Waals surface area contributed by atoms with Crippen molar-refractivity contribution in [3.05, 3.63) is 11.4 Å². The summed E-state index contributed by atoms with van der Waals surface area (Å²) in [6.07, 6.45) is 0. The zero-order valence-corrected chi connectivity index (χ0v) is 6.14. The third-order valence-corrected chi connectivity index (χ3v) is 1.12. The van der Waals surface area contributed by atoms with Gasteiger partial charge in [-0.25, -0.2) is 0 Å². The predicted octanol–water partition coefficient (Wildman–Crippen LogP) is -0.377. The van der Waals surface area contributed by atoms with E-state index in [0.29, 0.717) is 5.70 Å². The number of nitrogens with one attached hydrogen (secondary N) is 1. The topological polar surface area (TPSA) is 67.5 Å². The standard InChI is InChI=1S/C6H11N3O/c1-4(8-2)5(9-3)6(7)10/h8H,3H2,1-2H3,(H2,7,10)/b5-4+. The number of nitrogens with zero attached hydrogens (tertiary/aromatic N) is 1. The maximum Gasteiger partial charge on any atom is 0.269 e. The number of primary amides is 1. The van der Waals surface area contributed by atoms with Crippen LogP contribution in [0.4, 0.5) is 0 Å². The van der Waals surface area contributed by atoms with Gasteiger partial charge in [-0.3, -0.25) is 9.79 Å². The predicted molar refractivity (Wildman–Crippen MR) is 40.5 cm³/mol. The molecule has 0 aromatic carbocycles. The van der Waals surface area contributed by atoms with E-state index in [2.05, 4.69) is 17.0 Å². The van der Waals surface area contributed by atoms with Gasteiger partial charge in [0.25, 0.3) is 5.91 Å². The van der Waals surface area contributed by atoms with Crippen LogP contribution in [0.2, 0.25) is 0 Å². The quantitative estimate of drug-likeness (QED) is 0.415. The van der Waals surface area contributed by atoms with Crippen molar-refractivity contribution in [2.45, 2.75) is 6.92 Å². The van der Waals surface area contributed by atoms with E-state index < -0.39 is 5.91 Å². The Hall–Kier alpha value is -1.32. The van der Waals surface area contributed by atoms with E-state index in [1.165, 1.54) is 0 Å². The van der Waals surface area contributed by atoms with Crippen molar-refractivity contribution in [3.63, 3.8) is 0 Å². The molecule has 0 saturated carbocycles. The first-order valence-electron chi connectivity index (χ1n) is 2.78. The Morgan fingerprint density at radius 2 is 2.20 bits per heavy atom. The molecule has 0 bridgehead atoms. The number of carbonyl (C=O) groups is 1. The lowest BCUT2D eigenvalue weighted by atomic mass is 10.3. The molecular weight excluding hydrogens is 130 g/mol. The Kier molecular flexibility index (Phi) is 3.17. The fraction of sp³-hybridized carbons (Fsp3) is 0.333. The molecule has 0 radical (unpaired) electrons. The number of amides is 1. The molecule has 0 aliphatic rings. The van der Waals surface area contributed by atoms with E-state index in [1.807, 2.05) is 0 Å². The molecule has 0 heterocycles. The highest BCUT2D eigenvalue weighted by molar-refractivity contribution is 5.92. The first-order chi connectivity index (χ1) is 4.63. The average Bonchev–Trinajstić information content (AvgIpc) is 1.88. The van der Waals surface area contributed by atoms with Crippen molar-refractivity contribution < 1.29 is 4.79 Å². The van der Waals surface area contributed by atoms with Gasteiger partial charge >= 0.3 is 0 Å². The maximum atomic E-state index is 10.5. The van der Waals surface area contributed by atoms with Crippen molar-refractivity contribution in [2.75, 3.05) is 7.05 Å². The summed E-state index contributed by atoms with van der Waals surface area (Å²) >= 11 is 0. The van der Waals surface area contributed by atoms with Crippen LogP contribution >= 0.6 is 0 Å². The molecule has 10 heavy (non-hydrogen) atoms. The van der Waals surface area contributed by atoms with Gasteiger partial charge in [0.15, 0.2) is 0 Å². The molecule has 4 nitrogen and oxygen atoms in total. The van der Waals surface area contributed by atoms with Crippen molar-refractivity contribution in [1.29, 1.82) is 0 Å². The van der Waals surface area contributed by atoms with Gasteiger partial charge in [-0.1, -0.05) is 0 Å². The average molecular weight is 141 g/mol. The molecule has 0 aromatic rings. The third-order valence-electron chi connectivity index (χ3n) is 1.12. The zero-order valence-electron chi connectivity index (χ0n) is 6.14. The van der Waals surface area contributed by atoms with Crippen LogP contribution in [0.15, 0.2) is 16.4 Å². The number of nitrogens with two attached hydrogens (primary N) is 1. The first-order valence-corrected chi connectivity index (χ1v) is 2.78. The molecule has 1 amide bonds. The molecule has 0 saturated heterocycles. The van der Waals surface area contributed by atoms with Gasteiger partial charge in [-0.2, -0.15) is 0 Å². The van der Waals surface area contributed by atoms with Gasteiger partial charge in [-0.15, -0.1) is 0 Å². The number of allylic oxidation sites excluding steroid dienone is 1. The van der Waals surface area contributed by atoms with E-state index in [9.17, 15) is 4.79 Å². The normalized spacial score (nSPS) is 11.8. The Labute approximate surface area is 59.8 Å². The largest absolute Gasteiger partial charge is 0.390 e. The van der Waals surface area contributed by atoms with E-state index in [4.69, 9.17) is 5.73 Å². The zero-order chi connectivity index (χ0) is 8.15. The van der Waals surface area contributed by atoms with Crippen LogP contribution in [0.25, 0.3) is 0 Å². The number of carbonyl (C=O) groups excluding carboxylic acids is 1. The van der Waals surface area contributed by atoms with Gasteiger partial charge in [-0.05, 0) is 13.6 Å². The van der Waals surface area contributed by atoms with Crippen molar-refractivity contribution >= 4 is 12.6 Å². The molecule has 0 unspecified atom stereocenters. The summed E-state index contributed by atoms with van der Waals surface area (Å²) in [4.78, 5) is 14.0. The van der Waals surface area contributed by atoms with Crippen LogP contribution in [-0.4, -0.2) is 19.7 Å². The van der Waals surface area contributed by atoms with E-state index in [-0.39, 0.29) is 5.70 Å². The molecule has 3 N–H and O–H groups in total. The molecule has 0 aliphatic carbocycles. The van der Waals surface area contributed by atoms with Gasteiger partial charge in [0.1, 0.15) is 5.70 Å². The van der Waals surface area contributed by atoms with Crippen LogP contribution in [-0.2, 0) is 4.79 Å². The Morgan fingerprint density at radius 1 is 1.70 bits per heavy atom. The fourth-order valence-corrected chi connectivity index (χ4v) is 0.500. The Bertz CT molecular complexity index is 183. The minimum absolute atomic E-state index is 0.183. The second-order valence-electron chi connectivity index (χ2n) is 1.75. The number of aliphatic imine (C=N–C) groups is 1. The van der Waals surface area contributed by atoms with Crippen molar-refractivity contribution in [2.24, 2.45) is 10.7 Å². The van der Waals surface area contributed by atoms with E-state index in [1.54, 1.807) is 14.0 Å². The van der Waals surface area contributed by atoms with E-state index >= 15 is 0 Å². The van der Waals surface area contributed by atoms with Crippen LogP contribution in [0.1, 0.15) is 6.92 Å². The molecule has 0 atom stereocenters. The maximum absolute atomic E-state index is 10.5. The Morgan fingerprint density at radius 3 is 2.30 bits per heavy atom. The third kappa shape index (κ3) is 1.89. The van der Waals surface area contributed by atoms with Crippen LogP contribution in [0.3, 0.4) is 0 Å². The lowest BCUT2D eigenvalue weighted by Crippen LogP contribution is -2.17. The molecule has 56 valence electrons. The van der Waals surface area contributed by atoms with Crippen molar-refractivity contribution in [3.8, 4) is 0 Å². The second kappa shape index (κ2) is 3.66. The number of hydrogen-bond acceptors (Lipinski definition) is 3. The minimum atomic E-state index is -0.568. The van der Waals surface area contributed by atoms with E-state index in [0.717, 1.165) is 0 Å². The fourth-order valence-electron chi connectivity index (χ4n) is 0.500. The molecule has 0 spiro atoms. The van der Waals surface area contributed by atoms with Crippen LogP contribution in [0.5, 0.6) is 0 Å². The first kappa shape index (κ1) is 8.68. The summed E-state index contributed by atoms with van der Waals surface area (Å²) in [5, 5.41) is 2.74. The number of hydrogen-bond donors (Lipinski definition) is 2. The molecule has 0 rings (SSSR count). The summed E-state index contributed by atoms with van der Waals surface area (Å²) in [6, 6.07) is 0. The summed E-state index contributed by atoms with van der Waals surface area (Å²) in [6.45, 7) is 4.91. The molecule has 0 aromatic heterocycles. The molecular formula is C6H11N3O. The van der Waals surface area contributed by atoms with Crippen LogP contribution in [0, 0.1) is 0 Å². The summed E-state index contributed by atoms with van der Waals surface area (Å²) in [5.74, 6) is -0.568. The second-order valence-corrected chi connectivity index (χ2v) is 1.75. The SMILES string of the molecule is C=N/C(C(N)=O)=C(\C)NC. The lowest BCUT2D eigenvalue weighted by Gasteiger charge is -2.01. The van der Waals surface area contributed by atoms with Gasteiger partial charge in [0, 0.05) is 12.7 Å². The smallest absolute Gasteiger partial charge is 0.269 e. The summed E-state index contributed by atoms with van der Waals surface area (Å²) in [5.41, 5.74) is 5.76. The summed E-state index contributed by atoms with van der Waals surface area (Å²) in [7, 11) is 1.68. The Balaban J connectivity index is 4.62. The molecule has 0 fully saturated rings. The molecule has 0 aliphatic heterocycles.